The number of rotatable bonds is 7. The lowest BCUT2D eigenvalue weighted by atomic mass is 9.43. The highest BCUT2D eigenvalue weighted by Crippen LogP contribution is 2.65. The first-order valence-corrected chi connectivity index (χ1v) is 16.4. The maximum absolute atomic E-state index is 13.5. The smallest absolute Gasteiger partial charge is 0.457 e. The fourth-order valence-corrected chi connectivity index (χ4v) is 9.08. The molecule has 228 valence electrons. The Balaban J connectivity index is 1.02. The first-order chi connectivity index (χ1) is 19.7. The summed E-state index contributed by atoms with van der Waals surface area (Å²) in [5.41, 5.74) is 1.92. The Labute approximate surface area is 251 Å². The third-order valence-electron chi connectivity index (χ3n) is 11.8. The molecule has 0 spiro atoms. The summed E-state index contributed by atoms with van der Waals surface area (Å²) in [4.78, 5) is 28.3. The molecule has 7 nitrogen and oxygen atoms in total. The van der Waals surface area contributed by atoms with Crippen LogP contribution in [0.2, 0.25) is 6.32 Å². The molecule has 8 heteroatoms. The number of carbonyl (C=O) groups is 2. The molecule has 7 aliphatic rings. The van der Waals surface area contributed by atoms with Crippen LogP contribution in [0.4, 0.5) is 0 Å². The van der Waals surface area contributed by atoms with Gasteiger partial charge >= 0.3 is 13.1 Å². The van der Waals surface area contributed by atoms with Gasteiger partial charge in [0.05, 0.1) is 24.8 Å². The summed E-state index contributed by atoms with van der Waals surface area (Å²) in [6.07, 6.45) is 7.29. The minimum atomic E-state index is -0.621. The average molecular weight is 578 g/mol. The van der Waals surface area contributed by atoms with Gasteiger partial charge in [0.2, 0.25) is 5.91 Å². The van der Waals surface area contributed by atoms with Crippen molar-refractivity contribution in [3.05, 3.63) is 28.8 Å². The van der Waals surface area contributed by atoms with Crippen molar-refractivity contribution in [3.8, 4) is 5.75 Å². The van der Waals surface area contributed by atoms with Gasteiger partial charge in [-0.05, 0) is 126 Å². The number of hydrogen-bond donors (Lipinski definition) is 0. The van der Waals surface area contributed by atoms with Crippen molar-refractivity contribution in [2.45, 2.75) is 117 Å². The Hall–Kier alpha value is -2.06. The molecule has 5 saturated carbocycles. The third-order valence-corrected chi connectivity index (χ3v) is 11.8. The highest BCUT2D eigenvalue weighted by molar-refractivity contribution is 6.45. The predicted molar refractivity (Wildman–Crippen MR) is 160 cm³/mol. The maximum atomic E-state index is 13.5. The molecule has 0 aromatic heterocycles. The molecule has 42 heavy (non-hydrogen) atoms. The van der Waals surface area contributed by atoms with E-state index in [0.717, 1.165) is 60.9 Å². The zero-order chi connectivity index (χ0) is 29.8. The monoisotopic (exact) mass is 577 g/mol. The SMILES string of the molecule is Cc1c(CCB2O[C@@H]3C[C@@H]4C[C@@H](C4(C)C)[C@]3(C)O2)ccc(OC2CN(C(=O)[C@@H]3C[C@@H]4C[C@@H]4C3)C2)c1C(=O)OC(C)(C)C. The number of amides is 1. The number of hydrogen-bond acceptors (Lipinski definition) is 6. The summed E-state index contributed by atoms with van der Waals surface area (Å²) in [7, 11) is -0.236. The van der Waals surface area contributed by atoms with Crippen LogP contribution in [-0.2, 0) is 25.3 Å². The van der Waals surface area contributed by atoms with Crippen LogP contribution >= 0.6 is 0 Å². The van der Waals surface area contributed by atoms with E-state index in [2.05, 4.69) is 26.8 Å². The molecule has 0 N–H and O–H groups in total. The summed E-state index contributed by atoms with van der Waals surface area (Å²) in [6.45, 7) is 15.8. The summed E-state index contributed by atoms with van der Waals surface area (Å²) in [5, 5.41) is 0. The first-order valence-electron chi connectivity index (χ1n) is 16.4. The molecule has 1 aromatic rings. The van der Waals surface area contributed by atoms with Crippen LogP contribution in [-0.4, -0.2) is 60.4 Å². The second-order valence-electron chi connectivity index (χ2n) is 16.1. The molecule has 2 saturated heterocycles. The van der Waals surface area contributed by atoms with Gasteiger partial charge < -0.3 is 23.7 Å². The molecule has 0 unspecified atom stereocenters. The zero-order valence-corrected chi connectivity index (χ0v) is 26.5. The highest BCUT2D eigenvalue weighted by Gasteiger charge is 2.67. The lowest BCUT2D eigenvalue weighted by Gasteiger charge is -2.64. The predicted octanol–water partition coefficient (Wildman–Crippen LogP) is 5.86. The molecule has 2 aliphatic heterocycles. The van der Waals surface area contributed by atoms with E-state index in [-0.39, 0.29) is 42.7 Å². The number of aryl methyl sites for hydroxylation is 1. The van der Waals surface area contributed by atoms with Gasteiger partial charge in [-0.3, -0.25) is 4.79 Å². The van der Waals surface area contributed by atoms with E-state index in [1.165, 1.54) is 12.8 Å². The van der Waals surface area contributed by atoms with Gasteiger partial charge in [0.1, 0.15) is 23.0 Å². The summed E-state index contributed by atoms with van der Waals surface area (Å²) < 4.78 is 25.3. The van der Waals surface area contributed by atoms with Crippen LogP contribution in [0.1, 0.15) is 95.1 Å². The number of ether oxygens (including phenoxy) is 2. The molecule has 5 aliphatic carbocycles. The third kappa shape index (κ3) is 4.79. The normalized spacial score (nSPS) is 36.1. The highest BCUT2D eigenvalue weighted by atomic mass is 16.7. The lowest BCUT2D eigenvalue weighted by Crippen LogP contribution is -2.65. The van der Waals surface area contributed by atoms with Crippen molar-refractivity contribution in [1.29, 1.82) is 0 Å². The lowest BCUT2D eigenvalue weighted by molar-refractivity contribution is -0.199. The van der Waals surface area contributed by atoms with E-state index in [4.69, 9.17) is 18.8 Å². The Kier molecular flexibility index (Phi) is 6.64. The Morgan fingerprint density at radius 1 is 1.05 bits per heavy atom. The molecular formula is C34H48BNO6. The number of esters is 1. The molecule has 0 radical (unpaired) electrons. The van der Waals surface area contributed by atoms with E-state index < -0.39 is 5.60 Å². The Bertz CT molecular complexity index is 1270. The minimum absolute atomic E-state index is 0.115. The van der Waals surface area contributed by atoms with Crippen molar-refractivity contribution in [1.82, 2.24) is 4.90 Å². The van der Waals surface area contributed by atoms with Crippen molar-refractivity contribution in [3.63, 3.8) is 0 Å². The van der Waals surface area contributed by atoms with Gasteiger partial charge in [-0.1, -0.05) is 19.9 Å². The van der Waals surface area contributed by atoms with Gasteiger partial charge in [0.15, 0.2) is 0 Å². The second-order valence-corrected chi connectivity index (χ2v) is 16.1. The molecule has 8 rings (SSSR count). The van der Waals surface area contributed by atoms with Crippen molar-refractivity contribution in [2.75, 3.05) is 13.1 Å². The van der Waals surface area contributed by atoms with Gasteiger partial charge in [0, 0.05) is 5.92 Å². The Morgan fingerprint density at radius 2 is 1.76 bits per heavy atom. The van der Waals surface area contributed by atoms with Crippen LogP contribution in [0, 0.1) is 41.9 Å². The van der Waals surface area contributed by atoms with E-state index in [1.807, 2.05) is 38.7 Å². The largest absolute Gasteiger partial charge is 0.486 e. The number of fused-ring (bicyclic) bond motifs is 1. The van der Waals surface area contributed by atoms with Crippen LogP contribution in [0.5, 0.6) is 5.75 Å². The topological polar surface area (TPSA) is 74.3 Å². The molecule has 1 aromatic carbocycles. The number of benzene rings is 1. The van der Waals surface area contributed by atoms with Gasteiger partial charge in [0.25, 0.3) is 0 Å². The quantitative estimate of drug-likeness (QED) is 0.299. The van der Waals surface area contributed by atoms with E-state index in [0.29, 0.717) is 35.7 Å². The molecule has 1 amide bonds. The number of carbonyl (C=O) groups excluding carboxylic acids is 2. The fraction of sp³-hybridized carbons (Fsp3) is 0.765. The summed E-state index contributed by atoms with van der Waals surface area (Å²) >= 11 is 0. The average Bonchev–Trinajstić information content (AvgIpc) is 3.31. The standard InChI is InChI=1S/C34H48BNO6/c1-19-20(10-11-35-41-28-16-24-15-27(33(24,5)6)34(28,7)42-35)8-9-26(29(19)31(38)40-32(2,3)4)39-25-17-36(18-25)30(37)23-13-21-12-22(21)14-23/h8-9,21-25,27-28H,10-18H2,1-7H3/t21-,22+,23+,24-,27-,28+,34-/m0/s1. The molecule has 2 heterocycles. The molecule has 7 fully saturated rings. The van der Waals surface area contributed by atoms with Crippen LogP contribution in [0.25, 0.3) is 0 Å². The van der Waals surface area contributed by atoms with Crippen molar-refractivity contribution in [2.24, 2.45) is 35.0 Å². The van der Waals surface area contributed by atoms with Crippen LogP contribution in [0.15, 0.2) is 12.1 Å². The van der Waals surface area contributed by atoms with Gasteiger partial charge in [-0.2, -0.15) is 0 Å². The van der Waals surface area contributed by atoms with Crippen LogP contribution in [0.3, 0.4) is 0 Å². The van der Waals surface area contributed by atoms with Crippen LogP contribution < -0.4 is 4.74 Å². The van der Waals surface area contributed by atoms with Crippen molar-refractivity contribution >= 4 is 19.0 Å². The van der Waals surface area contributed by atoms with E-state index in [9.17, 15) is 9.59 Å². The number of nitrogens with zero attached hydrogens (tertiary/aromatic N) is 1. The van der Waals surface area contributed by atoms with Gasteiger partial charge in [-0.25, -0.2) is 4.79 Å². The first kappa shape index (κ1) is 28.7. The Morgan fingerprint density at radius 3 is 2.43 bits per heavy atom. The second kappa shape index (κ2) is 9.72. The summed E-state index contributed by atoms with van der Waals surface area (Å²) in [6, 6.07) is 3.97. The minimum Gasteiger partial charge on any atom is -0.486 e. The molecule has 2 bridgehead atoms. The van der Waals surface area contributed by atoms with Gasteiger partial charge in [-0.15, -0.1) is 0 Å². The zero-order valence-electron chi connectivity index (χ0n) is 26.5. The molecule has 7 atom stereocenters. The van der Waals surface area contributed by atoms with E-state index >= 15 is 0 Å². The van der Waals surface area contributed by atoms with E-state index in [1.54, 1.807) is 0 Å². The summed E-state index contributed by atoms with van der Waals surface area (Å²) in [5.74, 6) is 3.50. The number of likely N-dealkylation sites (tertiary alicyclic amines) is 1. The maximum Gasteiger partial charge on any atom is 0.457 e. The van der Waals surface area contributed by atoms with Crippen molar-refractivity contribution < 1.29 is 28.4 Å². The fourth-order valence-electron chi connectivity index (χ4n) is 9.08. The molecular weight excluding hydrogens is 529 g/mol.